The van der Waals surface area contributed by atoms with Gasteiger partial charge in [0.2, 0.25) is 0 Å². The molecule has 0 aliphatic carbocycles. The van der Waals surface area contributed by atoms with E-state index >= 15 is 0 Å². The van der Waals surface area contributed by atoms with Crippen LogP contribution in [-0.4, -0.2) is 10.9 Å². The van der Waals surface area contributed by atoms with Crippen LogP contribution in [0.4, 0.5) is 0 Å². The molecule has 52 valence electrons. The number of nitrogens with zero attached hydrogens (tertiary/aromatic N) is 2. The lowest BCUT2D eigenvalue weighted by Gasteiger charge is -1.95. The number of hydrogen-bond donors (Lipinski definition) is 1. The van der Waals surface area contributed by atoms with Gasteiger partial charge in [0.05, 0.1) is 5.10 Å². The van der Waals surface area contributed by atoms with Crippen molar-refractivity contribution in [2.45, 2.75) is 13.8 Å². The second-order valence-electron chi connectivity index (χ2n) is 1.92. The molecule has 0 amide bonds. The molecule has 0 radical (unpaired) electrons. The van der Waals surface area contributed by atoms with Gasteiger partial charge in [0.15, 0.2) is 10.9 Å². The summed E-state index contributed by atoms with van der Waals surface area (Å²) < 4.78 is 0. The summed E-state index contributed by atoms with van der Waals surface area (Å²) in [5.74, 6) is -0.00426. The Morgan fingerprint density at radius 3 is 2.33 bits per heavy atom. The number of nitro groups is 1. The molecule has 0 heterocycles. The minimum atomic E-state index is -0.796. The number of hydrazone groups is 1. The third kappa shape index (κ3) is 3.45. The van der Waals surface area contributed by atoms with Crippen LogP contribution in [-0.2, 0) is 0 Å². The molecule has 0 aromatic carbocycles. The number of amidine groups is 1. The molecule has 0 aliphatic rings. The van der Waals surface area contributed by atoms with Crippen LogP contribution in [0.1, 0.15) is 13.8 Å². The molecule has 5 heteroatoms. The lowest BCUT2D eigenvalue weighted by atomic mass is 10.2. The van der Waals surface area contributed by atoms with Gasteiger partial charge in [-0.3, -0.25) is 0 Å². The Bertz CT molecular complexity index is 141. The monoisotopic (exact) mass is 131 g/mol. The predicted octanol–water partition coefficient (Wildman–Crippen LogP) is 0.191. The first kappa shape index (κ1) is 7.87. The number of rotatable bonds is 2. The van der Waals surface area contributed by atoms with Gasteiger partial charge >= 0.3 is 0 Å². The van der Waals surface area contributed by atoms with E-state index in [2.05, 4.69) is 5.10 Å². The molecule has 0 bridgehead atoms. The molecule has 0 unspecified atom stereocenters. The summed E-state index contributed by atoms with van der Waals surface area (Å²) in [5, 5.41) is 11.7. The summed E-state index contributed by atoms with van der Waals surface area (Å²) in [6, 6.07) is 0. The van der Waals surface area contributed by atoms with Gasteiger partial charge in [-0.15, -0.1) is 0 Å². The molecule has 0 aliphatic heterocycles. The van der Waals surface area contributed by atoms with Crippen molar-refractivity contribution in [3.8, 4) is 0 Å². The first-order valence-electron chi connectivity index (χ1n) is 2.52. The van der Waals surface area contributed by atoms with Crippen molar-refractivity contribution in [2.75, 3.05) is 0 Å². The van der Waals surface area contributed by atoms with Gasteiger partial charge in [-0.1, -0.05) is 13.8 Å². The van der Waals surface area contributed by atoms with E-state index in [1.807, 2.05) is 0 Å². The summed E-state index contributed by atoms with van der Waals surface area (Å²) in [5.41, 5.74) is 5.13. The predicted molar refractivity (Wildman–Crippen MR) is 33.5 cm³/mol. The normalized spacial score (nSPS) is 12.1. The highest BCUT2D eigenvalue weighted by Crippen LogP contribution is 1.90. The quantitative estimate of drug-likeness (QED) is 0.251. The lowest BCUT2D eigenvalue weighted by molar-refractivity contribution is -0.485. The third-order valence-electron chi connectivity index (χ3n) is 0.789. The Balaban J connectivity index is 4.00. The average molecular weight is 131 g/mol. The molecule has 0 aromatic heterocycles. The molecular formula is C4H9N3O2. The molecule has 0 atom stereocenters. The molecule has 0 fully saturated rings. The van der Waals surface area contributed by atoms with E-state index in [-0.39, 0.29) is 11.8 Å². The van der Waals surface area contributed by atoms with E-state index in [4.69, 9.17) is 5.73 Å². The van der Waals surface area contributed by atoms with Crippen LogP contribution in [0.5, 0.6) is 0 Å². The minimum absolute atomic E-state index is 0.0556. The Labute approximate surface area is 52.7 Å². The van der Waals surface area contributed by atoms with E-state index in [0.717, 1.165) is 0 Å². The van der Waals surface area contributed by atoms with Crippen molar-refractivity contribution in [2.24, 2.45) is 16.8 Å². The van der Waals surface area contributed by atoms with E-state index in [0.29, 0.717) is 0 Å². The van der Waals surface area contributed by atoms with E-state index in [1.54, 1.807) is 13.8 Å². The van der Waals surface area contributed by atoms with Crippen molar-refractivity contribution in [3.63, 3.8) is 0 Å². The number of nitrogens with two attached hydrogens (primary N) is 1. The van der Waals surface area contributed by atoms with Crippen molar-refractivity contribution in [1.29, 1.82) is 0 Å². The maximum absolute atomic E-state index is 9.65. The SMILES string of the molecule is CC(C)/C(N)=N/[N+](=O)[O-]. The largest absolute Gasteiger partial charge is 0.382 e. The van der Waals surface area contributed by atoms with Gasteiger partial charge in [-0.2, -0.15) is 0 Å². The first-order valence-corrected chi connectivity index (χ1v) is 2.52. The van der Waals surface area contributed by atoms with Gasteiger partial charge in [0, 0.05) is 5.92 Å². The summed E-state index contributed by atoms with van der Waals surface area (Å²) in [4.78, 5) is 9.65. The second-order valence-corrected chi connectivity index (χ2v) is 1.92. The fourth-order valence-electron chi connectivity index (χ4n) is 0.210. The summed E-state index contributed by atoms with van der Waals surface area (Å²) in [6.07, 6.45) is 0. The van der Waals surface area contributed by atoms with Gasteiger partial charge < -0.3 is 5.73 Å². The van der Waals surface area contributed by atoms with Crippen LogP contribution in [0.15, 0.2) is 5.10 Å². The summed E-state index contributed by atoms with van der Waals surface area (Å²) in [6.45, 7) is 3.48. The fourth-order valence-corrected chi connectivity index (χ4v) is 0.210. The second kappa shape index (κ2) is 3.01. The van der Waals surface area contributed by atoms with Crippen LogP contribution in [0.3, 0.4) is 0 Å². The Kier molecular flexibility index (Phi) is 2.63. The fraction of sp³-hybridized carbons (Fsp3) is 0.750. The van der Waals surface area contributed by atoms with Gasteiger partial charge in [-0.05, 0) is 0 Å². The third-order valence-corrected chi connectivity index (χ3v) is 0.789. The molecule has 0 saturated heterocycles. The zero-order valence-electron chi connectivity index (χ0n) is 5.37. The average Bonchev–Trinajstić information content (AvgIpc) is 1.63. The molecule has 0 rings (SSSR count). The first-order chi connectivity index (χ1) is 4.04. The van der Waals surface area contributed by atoms with Crippen LogP contribution in [0.25, 0.3) is 0 Å². The molecule has 0 spiro atoms. The van der Waals surface area contributed by atoms with Gasteiger partial charge in [0.25, 0.3) is 0 Å². The molecule has 5 nitrogen and oxygen atoms in total. The smallest absolute Gasteiger partial charge is 0.192 e. The molecule has 0 aromatic rings. The maximum atomic E-state index is 9.65. The van der Waals surface area contributed by atoms with E-state index < -0.39 is 5.03 Å². The van der Waals surface area contributed by atoms with Crippen molar-refractivity contribution >= 4 is 5.84 Å². The summed E-state index contributed by atoms with van der Waals surface area (Å²) >= 11 is 0. The van der Waals surface area contributed by atoms with E-state index in [1.165, 1.54) is 0 Å². The minimum Gasteiger partial charge on any atom is -0.382 e. The Hall–Kier alpha value is -1.13. The van der Waals surface area contributed by atoms with Crippen molar-refractivity contribution in [1.82, 2.24) is 0 Å². The lowest BCUT2D eigenvalue weighted by Crippen LogP contribution is -2.20. The molecular weight excluding hydrogens is 122 g/mol. The highest BCUT2D eigenvalue weighted by atomic mass is 16.7. The molecule has 2 N–H and O–H groups in total. The Morgan fingerprint density at radius 2 is 2.22 bits per heavy atom. The van der Waals surface area contributed by atoms with Gasteiger partial charge in [0.1, 0.15) is 0 Å². The standard InChI is InChI=1S/C4H9N3O2/c1-3(2)4(5)6-7(8)9/h3H,1-2H3,(H2,5,6). The van der Waals surface area contributed by atoms with Crippen LogP contribution in [0, 0.1) is 16.0 Å². The topological polar surface area (TPSA) is 81.5 Å². The molecule has 0 saturated carbocycles. The zero-order chi connectivity index (χ0) is 7.44. The van der Waals surface area contributed by atoms with Crippen molar-refractivity contribution < 1.29 is 5.03 Å². The van der Waals surface area contributed by atoms with E-state index in [9.17, 15) is 10.1 Å². The van der Waals surface area contributed by atoms with Crippen molar-refractivity contribution in [3.05, 3.63) is 10.1 Å². The molecule has 9 heavy (non-hydrogen) atoms. The van der Waals surface area contributed by atoms with Crippen LogP contribution in [0.2, 0.25) is 0 Å². The van der Waals surface area contributed by atoms with Crippen LogP contribution >= 0.6 is 0 Å². The Morgan fingerprint density at radius 1 is 1.78 bits per heavy atom. The van der Waals surface area contributed by atoms with Crippen LogP contribution < -0.4 is 5.73 Å². The zero-order valence-corrected chi connectivity index (χ0v) is 5.37. The number of hydrogen-bond acceptors (Lipinski definition) is 2. The highest BCUT2D eigenvalue weighted by molar-refractivity contribution is 5.81. The maximum Gasteiger partial charge on any atom is 0.192 e. The van der Waals surface area contributed by atoms with Gasteiger partial charge in [-0.25, -0.2) is 10.1 Å². The summed E-state index contributed by atoms with van der Waals surface area (Å²) in [7, 11) is 0. The highest BCUT2D eigenvalue weighted by Gasteiger charge is 2.02.